The molecular formula is C13H22N2O3. The summed E-state index contributed by atoms with van der Waals surface area (Å²) in [5.41, 5.74) is 0. The Labute approximate surface area is 108 Å². The summed E-state index contributed by atoms with van der Waals surface area (Å²) < 4.78 is 0. The molecule has 5 heteroatoms. The molecule has 2 unspecified atom stereocenters. The second-order valence-corrected chi connectivity index (χ2v) is 5.50. The van der Waals surface area contributed by atoms with Crippen LogP contribution in [0.1, 0.15) is 32.1 Å². The van der Waals surface area contributed by atoms with Gasteiger partial charge in [-0.1, -0.05) is 6.42 Å². The minimum absolute atomic E-state index is 0.000799. The van der Waals surface area contributed by atoms with Crippen molar-refractivity contribution in [2.75, 3.05) is 26.7 Å². The van der Waals surface area contributed by atoms with E-state index >= 15 is 0 Å². The van der Waals surface area contributed by atoms with Crippen molar-refractivity contribution in [2.24, 2.45) is 5.92 Å². The summed E-state index contributed by atoms with van der Waals surface area (Å²) in [4.78, 5) is 26.6. The first-order valence-corrected chi connectivity index (χ1v) is 6.78. The van der Waals surface area contributed by atoms with Crippen LogP contribution in [0.15, 0.2) is 0 Å². The fourth-order valence-electron chi connectivity index (χ4n) is 2.97. The average Bonchev–Trinajstić information content (AvgIpc) is 2.70. The van der Waals surface area contributed by atoms with Crippen molar-refractivity contribution in [1.29, 1.82) is 0 Å². The number of carboxylic acids is 1. The Morgan fingerprint density at radius 3 is 2.83 bits per heavy atom. The molecule has 0 radical (unpaired) electrons. The average molecular weight is 254 g/mol. The third-order valence-electron chi connectivity index (χ3n) is 4.22. The van der Waals surface area contributed by atoms with Crippen LogP contribution in [0.3, 0.4) is 0 Å². The van der Waals surface area contributed by atoms with Crippen molar-refractivity contribution < 1.29 is 14.7 Å². The lowest BCUT2D eigenvalue weighted by molar-refractivity contribution is -0.141. The molecule has 2 atom stereocenters. The van der Waals surface area contributed by atoms with Gasteiger partial charge >= 0.3 is 5.97 Å². The summed E-state index contributed by atoms with van der Waals surface area (Å²) in [6, 6.07) is 0.551. The summed E-state index contributed by atoms with van der Waals surface area (Å²) in [6.07, 6.45) is 4.86. The lowest BCUT2D eigenvalue weighted by Crippen LogP contribution is -2.39. The molecule has 0 saturated carbocycles. The molecular weight excluding hydrogens is 232 g/mol. The summed E-state index contributed by atoms with van der Waals surface area (Å²) in [6.45, 7) is 2.23. The van der Waals surface area contributed by atoms with Crippen LogP contribution >= 0.6 is 0 Å². The Bertz CT molecular complexity index is 332. The van der Waals surface area contributed by atoms with E-state index in [0.717, 1.165) is 13.0 Å². The van der Waals surface area contributed by atoms with E-state index in [4.69, 9.17) is 5.11 Å². The fourth-order valence-corrected chi connectivity index (χ4v) is 2.97. The van der Waals surface area contributed by atoms with Crippen molar-refractivity contribution in [3.63, 3.8) is 0 Å². The van der Waals surface area contributed by atoms with Gasteiger partial charge in [0.2, 0.25) is 5.91 Å². The van der Waals surface area contributed by atoms with Gasteiger partial charge in [-0.15, -0.1) is 0 Å². The van der Waals surface area contributed by atoms with Gasteiger partial charge in [0.15, 0.2) is 0 Å². The molecule has 1 N–H and O–H groups in total. The van der Waals surface area contributed by atoms with Gasteiger partial charge in [0.05, 0.1) is 5.92 Å². The molecule has 0 aliphatic carbocycles. The molecule has 102 valence electrons. The molecule has 2 saturated heterocycles. The van der Waals surface area contributed by atoms with E-state index in [1.807, 2.05) is 0 Å². The van der Waals surface area contributed by atoms with Crippen molar-refractivity contribution in [1.82, 2.24) is 9.80 Å². The predicted octanol–water partition coefficient (Wildman–Crippen LogP) is 0.794. The molecule has 2 rings (SSSR count). The summed E-state index contributed by atoms with van der Waals surface area (Å²) in [7, 11) is 2.13. The van der Waals surface area contributed by atoms with Crippen LogP contribution in [-0.2, 0) is 9.59 Å². The Morgan fingerprint density at radius 1 is 1.44 bits per heavy atom. The highest BCUT2D eigenvalue weighted by Crippen LogP contribution is 2.21. The van der Waals surface area contributed by atoms with Gasteiger partial charge in [-0.05, 0) is 32.9 Å². The molecule has 2 fully saturated rings. The van der Waals surface area contributed by atoms with E-state index in [-0.39, 0.29) is 12.3 Å². The van der Waals surface area contributed by atoms with Crippen LogP contribution in [-0.4, -0.2) is 59.5 Å². The number of carbonyl (C=O) groups is 2. The number of piperidine rings is 1. The zero-order valence-corrected chi connectivity index (χ0v) is 11.0. The van der Waals surface area contributed by atoms with Crippen molar-refractivity contribution >= 4 is 11.9 Å². The lowest BCUT2D eigenvalue weighted by Gasteiger charge is -2.33. The minimum Gasteiger partial charge on any atom is -0.481 e. The fraction of sp³-hybridized carbons (Fsp3) is 0.846. The summed E-state index contributed by atoms with van der Waals surface area (Å²) in [5.74, 6) is -1.34. The monoisotopic (exact) mass is 254 g/mol. The molecule has 0 spiro atoms. The maximum absolute atomic E-state index is 11.7. The second-order valence-electron chi connectivity index (χ2n) is 5.50. The van der Waals surface area contributed by atoms with Gasteiger partial charge < -0.3 is 14.9 Å². The highest BCUT2D eigenvalue weighted by atomic mass is 16.4. The first kappa shape index (κ1) is 13.3. The number of hydrogen-bond acceptors (Lipinski definition) is 3. The number of amides is 1. The number of carbonyl (C=O) groups excluding carboxylic acids is 1. The molecule has 0 aromatic heterocycles. The Morgan fingerprint density at radius 2 is 2.22 bits per heavy atom. The van der Waals surface area contributed by atoms with E-state index in [2.05, 4.69) is 11.9 Å². The molecule has 2 aliphatic heterocycles. The quantitative estimate of drug-likeness (QED) is 0.806. The SMILES string of the molecule is CN1CCCCC1CCN1CC(C(=O)O)CC1=O. The molecule has 0 aromatic rings. The summed E-state index contributed by atoms with van der Waals surface area (Å²) >= 11 is 0. The van der Waals surface area contributed by atoms with Gasteiger partial charge in [-0.3, -0.25) is 9.59 Å². The van der Waals surface area contributed by atoms with Gasteiger partial charge in [0.25, 0.3) is 0 Å². The Balaban J connectivity index is 1.79. The maximum Gasteiger partial charge on any atom is 0.308 e. The molecule has 0 aromatic carbocycles. The zero-order chi connectivity index (χ0) is 13.1. The number of hydrogen-bond donors (Lipinski definition) is 1. The largest absolute Gasteiger partial charge is 0.481 e. The standard InChI is InChI=1S/C13H22N2O3/c1-14-6-3-2-4-11(14)5-7-15-9-10(13(17)18)8-12(15)16/h10-11H,2-9H2,1H3,(H,17,18). The lowest BCUT2D eigenvalue weighted by atomic mass is 10.00. The van der Waals surface area contributed by atoms with Crippen molar-refractivity contribution in [2.45, 2.75) is 38.1 Å². The zero-order valence-electron chi connectivity index (χ0n) is 11.0. The highest BCUT2D eigenvalue weighted by molar-refractivity contribution is 5.86. The molecule has 2 heterocycles. The molecule has 1 amide bonds. The van der Waals surface area contributed by atoms with Crippen LogP contribution in [0.25, 0.3) is 0 Å². The van der Waals surface area contributed by atoms with Crippen LogP contribution in [0.2, 0.25) is 0 Å². The number of likely N-dealkylation sites (tertiary alicyclic amines) is 2. The molecule has 2 aliphatic rings. The maximum atomic E-state index is 11.7. The van der Waals surface area contributed by atoms with E-state index in [1.165, 1.54) is 19.3 Å². The Kier molecular flexibility index (Phi) is 4.22. The second kappa shape index (κ2) is 5.69. The first-order chi connectivity index (χ1) is 8.58. The van der Waals surface area contributed by atoms with Crippen LogP contribution in [0, 0.1) is 5.92 Å². The molecule has 18 heavy (non-hydrogen) atoms. The topological polar surface area (TPSA) is 60.9 Å². The third-order valence-corrected chi connectivity index (χ3v) is 4.22. The number of carboxylic acid groups (broad SMARTS) is 1. The number of rotatable bonds is 4. The van der Waals surface area contributed by atoms with E-state index in [1.54, 1.807) is 4.90 Å². The van der Waals surface area contributed by atoms with E-state index in [9.17, 15) is 9.59 Å². The van der Waals surface area contributed by atoms with Gasteiger partial charge in [-0.2, -0.15) is 0 Å². The minimum atomic E-state index is -0.847. The van der Waals surface area contributed by atoms with Crippen LogP contribution in [0.4, 0.5) is 0 Å². The normalized spacial score (nSPS) is 29.8. The van der Waals surface area contributed by atoms with Crippen molar-refractivity contribution in [3.05, 3.63) is 0 Å². The van der Waals surface area contributed by atoms with Crippen LogP contribution in [0.5, 0.6) is 0 Å². The molecule has 5 nitrogen and oxygen atoms in total. The van der Waals surface area contributed by atoms with E-state index in [0.29, 0.717) is 19.1 Å². The highest BCUT2D eigenvalue weighted by Gasteiger charge is 2.34. The van der Waals surface area contributed by atoms with Crippen LogP contribution < -0.4 is 0 Å². The summed E-state index contributed by atoms with van der Waals surface area (Å²) in [5, 5.41) is 8.92. The number of aliphatic carboxylic acids is 1. The first-order valence-electron chi connectivity index (χ1n) is 6.78. The van der Waals surface area contributed by atoms with Gasteiger partial charge in [-0.25, -0.2) is 0 Å². The predicted molar refractivity (Wildman–Crippen MR) is 67.2 cm³/mol. The Hall–Kier alpha value is -1.10. The van der Waals surface area contributed by atoms with Crippen molar-refractivity contribution in [3.8, 4) is 0 Å². The van der Waals surface area contributed by atoms with E-state index < -0.39 is 11.9 Å². The number of nitrogens with zero attached hydrogens (tertiary/aromatic N) is 2. The van der Waals surface area contributed by atoms with Gasteiger partial charge in [0, 0.05) is 25.6 Å². The smallest absolute Gasteiger partial charge is 0.308 e. The molecule has 0 bridgehead atoms. The third kappa shape index (κ3) is 3.02. The van der Waals surface area contributed by atoms with Gasteiger partial charge in [0.1, 0.15) is 0 Å².